The number of rotatable bonds is 6. The maximum Gasteiger partial charge on any atom is 0.120 e. The lowest BCUT2D eigenvalue weighted by molar-refractivity contribution is -0.00507. The number of benzene rings is 3. The molecule has 3 aromatic carbocycles. The standard InChI is InChI=1S/C25H25NO2/c1-3-14-26-15-13-25(19-26,27-2)23-9-6-10-24(17-23)28-18-20-11-12-21-7-4-5-8-22(21)16-20/h1,4-12,16-17H,13-15,18-19H2,2H3. The second kappa shape index (κ2) is 8.06. The van der Waals surface area contributed by atoms with Crippen LogP contribution in [0.5, 0.6) is 5.75 Å². The normalized spacial score (nSPS) is 19.6. The maximum absolute atomic E-state index is 6.10. The van der Waals surface area contributed by atoms with Gasteiger partial charge < -0.3 is 9.47 Å². The fourth-order valence-electron chi connectivity index (χ4n) is 4.01. The zero-order chi connectivity index (χ0) is 19.4. The fraction of sp³-hybridized carbons (Fsp3) is 0.280. The first-order valence-electron chi connectivity index (χ1n) is 9.64. The Bertz CT molecular complexity index is 1010. The molecule has 142 valence electrons. The van der Waals surface area contributed by atoms with Crippen molar-refractivity contribution in [1.82, 2.24) is 4.90 Å². The van der Waals surface area contributed by atoms with E-state index in [0.717, 1.165) is 36.4 Å². The molecule has 0 aliphatic carbocycles. The third-order valence-electron chi connectivity index (χ3n) is 5.60. The fourth-order valence-corrected chi connectivity index (χ4v) is 4.01. The van der Waals surface area contributed by atoms with Gasteiger partial charge in [-0.25, -0.2) is 0 Å². The molecule has 1 aliphatic heterocycles. The van der Waals surface area contributed by atoms with Gasteiger partial charge in [-0.05, 0) is 46.5 Å². The minimum absolute atomic E-state index is 0.320. The molecule has 1 aliphatic rings. The summed E-state index contributed by atoms with van der Waals surface area (Å²) in [5.74, 6) is 3.59. The van der Waals surface area contributed by atoms with Crippen LogP contribution in [0.1, 0.15) is 17.5 Å². The van der Waals surface area contributed by atoms with Crippen LogP contribution in [-0.2, 0) is 16.9 Å². The topological polar surface area (TPSA) is 21.7 Å². The van der Waals surface area contributed by atoms with Gasteiger partial charge in [0.2, 0.25) is 0 Å². The zero-order valence-corrected chi connectivity index (χ0v) is 16.2. The van der Waals surface area contributed by atoms with Crippen molar-refractivity contribution in [2.75, 3.05) is 26.7 Å². The minimum Gasteiger partial charge on any atom is -0.489 e. The monoisotopic (exact) mass is 371 g/mol. The Labute approximate surface area is 166 Å². The van der Waals surface area contributed by atoms with Gasteiger partial charge in [0.15, 0.2) is 0 Å². The van der Waals surface area contributed by atoms with Crippen LogP contribution in [0.3, 0.4) is 0 Å². The van der Waals surface area contributed by atoms with Crippen molar-refractivity contribution in [3.63, 3.8) is 0 Å². The first kappa shape index (κ1) is 18.6. The molecular weight excluding hydrogens is 346 g/mol. The Balaban J connectivity index is 1.49. The number of hydrogen-bond acceptors (Lipinski definition) is 3. The molecule has 1 atom stereocenters. The van der Waals surface area contributed by atoms with Crippen LogP contribution in [0.4, 0.5) is 0 Å². The van der Waals surface area contributed by atoms with Crippen LogP contribution in [0.15, 0.2) is 66.7 Å². The van der Waals surface area contributed by atoms with Crippen molar-refractivity contribution < 1.29 is 9.47 Å². The third kappa shape index (κ3) is 3.75. The molecule has 1 fully saturated rings. The largest absolute Gasteiger partial charge is 0.489 e. The van der Waals surface area contributed by atoms with Crippen LogP contribution >= 0.6 is 0 Å². The van der Waals surface area contributed by atoms with E-state index in [-0.39, 0.29) is 5.60 Å². The van der Waals surface area contributed by atoms with Gasteiger partial charge in [0, 0.05) is 20.2 Å². The number of fused-ring (bicyclic) bond motifs is 1. The summed E-state index contributed by atoms with van der Waals surface area (Å²) >= 11 is 0. The molecule has 1 saturated heterocycles. The number of terminal acetylenes is 1. The van der Waals surface area contributed by atoms with Gasteiger partial charge >= 0.3 is 0 Å². The van der Waals surface area contributed by atoms with Crippen molar-refractivity contribution in [1.29, 1.82) is 0 Å². The molecule has 0 N–H and O–H groups in total. The highest BCUT2D eigenvalue weighted by Crippen LogP contribution is 2.36. The summed E-state index contributed by atoms with van der Waals surface area (Å²) in [6.07, 6.45) is 6.41. The quantitative estimate of drug-likeness (QED) is 0.591. The second-order valence-electron chi connectivity index (χ2n) is 7.36. The van der Waals surface area contributed by atoms with E-state index >= 15 is 0 Å². The summed E-state index contributed by atoms with van der Waals surface area (Å²) in [4.78, 5) is 2.26. The van der Waals surface area contributed by atoms with Gasteiger partial charge in [0.05, 0.1) is 6.54 Å². The molecule has 4 rings (SSSR count). The molecule has 3 nitrogen and oxygen atoms in total. The van der Waals surface area contributed by atoms with Gasteiger partial charge in [-0.15, -0.1) is 6.42 Å². The van der Waals surface area contributed by atoms with E-state index in [0.29, 0.717) is 13.2 Å². The molecule has 0 radical (unpaired) electrons. The predicted molar refractivity (Wildman–Crippen MR) is 113 cm³/mol. The summed E-state index contributed by atoms with van der Waals surface area (Å²) in [6.45, 7) is 2.95. The zero-order valence-electron chi connectivity index (χ0n) is 16.2. The molecule has 1 heterocycles. The lowest BCUT2D eigenvalue weighted by Crippen LogP contribution is -2.33. The Morgan fingerprint density at radius 3 is 2.71 bits per heavy atom. The Morgan fingerprint density at radius 2 is 1.89 bits per heavy atom. The Morgan fingerprint density at radius 1 is 1.04 bits per heavy atom. The van der Waals surface area contributed by atoms with Crippen LogP contribution < -0.4 is 4.74 Å². The lowest BCUT2D eigenvalue weighted by atomic mass is 9.92. The Kier molecular flexibility index (Phi) is 5.34. The van der Waals surface area contributed by atoms with Gasteiger partial charge in [0.25, 0.3) is 0 Å². The molecule has 0 spiro atoms. The lowest BCUT2D eigenvalue weighted by Gasteiger charge is -2.28. The first-order valence-corrected chi connectivity index (χ1v) is 9.64. The molecule has 0 amide bonds. The van der Waals surface area contributed by atoms with E-state index in [9.17, 15) is 0 Å². The van der Waals surface area contributed by atoms with Crippen molar-refractivity contribution in [2.24, 2.45) is 0 Å². The highest BCUT2D eigenvalue weighted by atomic mass is 16.5. The van der Waals surface area contributed by atoms with E-state index in [4.69, 9.17) is 15.9 Å². The van der Waals surface area contributed by atoms with Crippen molar-refractivity contribution in [3.8, 4) is 18.1 Å². The van der Waals surface area contributed by atoms with Crippen molar-refractivity contribution >= 4 is 10.8 Å². The first-order chi connectivity index (χ1) is 13.7. The molecule has 3 aromatic rings. The smallest absolute Gasteiger partial charge is 0.120 e. The number of ether oxygens (including phenoxy) is 2. The summed E-state index contributed by atoms with van der Waals surface area (Å²) in [5.41, 5.74) is 1.98. The van der Waals surface area contributed by atoms with Gasteiger partial charge in [-0.2, -0.15) is 0 Å². The summed E-state index contributed by atoms with van der Waals surface area (Å²) in [7, 11) is 1.78. The number of likely N-dealkylation sites (tertiary alicyclic amines) is 1. The molecule has 0 bridgehead atoms. The average molecular weight is 371 g/mol. The van der Waals surface area contributed by atoms with Gasteiger partial charge in [0.1, 0.15) is 18.0 Å². The third-order valence-corrected chi connectivity index (χ3v) is 5.60. The predicted octanol–water partition coefficient (Wildman–Crippen LogP) is 4.60. The summed E-state index contributed by atoms with van der Waals surface area (Å²) in [6, 6.07) is 23.1. The van der Waals surface area contributed by atoms with E-state index in [1.807, 2.05) is 12.1 Å². The highest BCUT2D eigenvalue weighted by molar-refractivity contribution is 5.82. The van der Waals surface area contributed by atoms with Crippen LogP contribution in [-0.4, -0.2) is 31.6 Å². The number of methoxy groups -OCH3 is 1. The average Bonchev–Trinajstić information content (AvgIpc) is 3.17. The van der Waals surface area contributed by atoms with E-state index in [1.54, 1.807) is 7.11 Å². The number of hydrogen-bond donors (Lipinski definition) is 0. The molecule has 0 aromatic heterocycles. The maximum atomic E-state index is 6.10. The molecule has 28 heavy (non-hydrogen) atoms. The minimum atomic E-state index is -0.320. The van der Waals surface area contributed by atoms with E-state index in [2.05, 4.69) is 65.4 Å². The van der Waals surface area contributed by atoms with Gasteiger partial charge in [-0.3, -0.25) is 4.90 Å². The highest BCUT2D eigenvalue weighted by Gasteiger charge is 2.39. The molecule has 1 unspecified atom stereocenters. The van der Waals surface area contributed by atoms with Crippen LogP contribution in [0, 0.1) is 12.3 Å². The summed E-state index contributed by atoms with van der Waals surface area (Å²) in [5, 5.41) is 2.48. The van der Waals surface area contributed by atoms with E-state index < -0.39 is 0 Å². The number of nitrogens with zero attached hydrogens (tertiary/aromatic N) is 1. The SMILES string of the molecule is C#CCN1CCC(OC)(c2cccc(OCc3ccc4ccccc4c3)c2)C1. The second-order valence-corrected chi connectivity index (χ2v) is 7.36. The molecule has 0 saturated carbocycles. The van der Waals surface area contributed by atoms with Crippen molar-refractivity contribution in [2.45, 2.75) is 18.6 Å². The van der Waals surface area contributed by atoms with Gasteiger partial charge in [-0.1, -0.05) is 54.5 Å². The van der Waals surface area contributed by atoms with E-state index in [1.165, 1.54) is 10.8 Å². The molecule has 3 heteroatoms. The Hall–Kier alpha value is -2.80. The van der Waals surface area contributed by atoms with Crippen molar-refractivity contribution in [3.05, 3.63) is 77.9 Å². The molecular formula is C25H25NO2. The summed E-state index contributed by atoms with van der Waals surface area (Å²) < 4.78 is 12.1. The van der Waals surface area contributed by atoms with Crippen LogP contribution in [0.25, 0.3) is 10.8 Å². The van der Waals surface area contributed by atoms with Crippen LogP contribution in [0.2, 0.25) is 0 Å².